The van der Waals surface area contributed by atoms with E-state index < -0.39 is 41.3 Å². The number of nitrogens with zero attached hydrogens (tertiary/aromatic N) is 1. The van der Waals surface area contributed by atoms with Gasteiger partial charge >= 0.3 is 0 Å². The van der Waals surface area contributed by atoms with E-state index in [0.29, 0.717) is 4.90 Å². The number of morpholine rings is 1. The van der Waals surface area contributed by atoms with Crippen LogP contribution in [-0.2, 0) is 14.3 Å². The Labute approximate surface area is 106 Å². The van der Waals surface area contributed by atoms with Crippen LogP contribution in [0, 0.1) is 11.6 Å². The predicted octanol–water partition coefficient (Wildman–Crippen LogP) is 0.533. The summed E-state index contributed by atoms with van der Waals surface area (Å²) in [6.45, 7) is -1.25. The summed E-state index contributed by atoms with van der Waals surface area (Å²) in [5, 5.41) is 0. The van der Waals surface area contributed by atoms with Gasteiger partial charge < -0.3 is 4.74 Å². The second kappa shape index (κ2) is 5.23. The van der Waals surface area contributed by atoms with Crippen LogP contribution in [0.3, 0.4) is 0 Å². The van der Waals surface area contributed by atoms with Crippen LogP contribution in [0.25, 0.3) is 0 Å². The van der Waals surface area contributed by atoms with Crippen molar-refractivity contribution >= 4 is 17.6 Å². The Morgan fingerprint density at radius 1 is 1.21 bits per heavy atom. The van der Waals surface area contributed by atoms with Crippen molar-refractivity contribution in [2.45, 2.75) is 0 Å². The van der Waals surface area contributed by atoms with E-state index in [2.05, 4.69) is 4.74 Å². The van der Waals surface area contributed by atoms with Crippen LogP contribution < -0.4 is 0 Å². The summed E-state index contributed by atoms with van der Waals surface area (Å²) in [5.74, 6) is -3.88. The van der Waals surface area contributed by atoms with Crippen molar-refractivity contribution in [1.29, 1.82) is 0 Å². The van der Waals surface area contributed by atoms with Gasteiger partial charge in [-0.05, 0) is 18.2 Å². The molecule has 1 fully saturated rings. The van der Waals surface area contributed by atoms with E-state index in [9.17, 15) is 23.2 Å². The van der Waals surface area contributed by atoms with Gasteiger partial charge in [-0.15, -0.1) is 0 Å². The molecule has 19 heavy (non-hydrogen) atoms. The van der Waals surface area contributed by atoms with Gasteiger partial charge in [-0.25, -0.2) is 8.78 Å². The van der Waals surface area contributed by atoms with Gasteiger partial charge in [-0.1, -0.05) is 0 Å². The standard InChI is InChI=1S/C12H9F2NO4/c13-7-1-2-9(14)8(3-7)10(16)4-15-11(17)5-19-6-12(15)18/h1-3H,4-6H2. The molecule has 0 atom stereocenters. The molecule has 1 saturated heterocycles. The monoisotopic (exact) mass is 269 g/mol. The van der Waals surface area contributed by atoms with Crippen molar-refractivity contribution in [2.24, 2.45) is 0 Å². The van der Waals surface area contributed by atoms with Gasteiger partial charge in [0.1, 0.15) is 24.8 Å². The molecule has 1 aliphatic rings. The topological polar surface area (TPSA) is 63.7 Å². The number of rotatable bonds is 3. The normalized spacial score (nSPS) is 15.8. The van der Waals surface area contributed by atoms with Crippen LogP contribution in [0.4, 0.5) is 8.78 Å². The number of ketones is 1. The molecule has 0 N–H and O–H groups in total. The Balaban J connectivity index is 2.18. The maximum absolute atomic E-state index is 13.4. The summed E-state index contributed by atoms with van der Waals surface area (Å²) in [6.07, 6.45) is 0. The van der Waals surface area contributed by atoms with Gasteiger partial charge in [0.25, 0.3) is 11.8 Å². The number of Topliss-reactive ketones (excluding diaryl/α,β-unsaturated/α-hetero) is 1. The van der Waals surface area contributed by atoms with Gasteiger partial charge in [-0.2, -0.15) is 0 Å². The molecular formula is C12H9F2NO4. The van der Waals surface area contributed by atoms with Gasteiger partial charge in [0.15, 0.2) is 5.78 Å². The molecule has 5 nitrogen and oxygen atoms in total. The second-order valence-electron chi connectivity index (χ2n) is 3.91. The smallest absolute Gasteiger partial charge is 0.255 e. The van der Waals surface area contributed by atoms with Crippen LogP contribution in [-0.4, -0.2) is 42.3 Å². The molecular weight excluding hydrogens is 260 g/mol. The predicted molar refractivity (Wildman–Crippen MR) is 58.2 cm³/mol. The molecule has 100 valence electrons. The molecule has 0 aromatic heterocycles. The minimum absolute atomic E-state index is 0.315. The average molecular weight is 269 g/mol. The first-order chi connectivity index (χ1) is 8.99. The lowest BCUT2D eigenvalue weighted by atomic mass is 10.1. The maximum atomic E-state index is 13.4. The highest BCUT2D eigenvalue weighted by molar-refractivity contribution is 6.06. The molecule has 2 amide bonds. The number of carbonyl (C=O) groups excluding carboxylic acids is 3. The van der Waals surface area contributed by atoms with E-state index in [1.54, 1.807) is 0 Å². The largest absolute Gasteiger partial charge is 0.362 e. The molecule has 0 saturated carbocycles. The van der Waals surface area contributed by atoms with Gasteiger partial charge in [0, 0.05) is 0 Å². The summed E-state index contributed by atoms with van der Waals surface area (Å²) in [4.78, 5) is 35.2. The van der Waals surface area contributed by atoms with Gasteiger partial charge in [-0.3, -0.25) is 19.3 Å². The number of imide groups is 1. The van der Waals surface area contributed by atoms with E-state index in [-0.39, 0.29) is 13.2 Å². The third-order valence-corrected chi connectivity index (χ3v) is 2.58. The number of ether oxygens (including phenoxy) is 1. The zero-order chi connectivity index (χ0) is 14.0. The first-order valence-electron chi connectivity index (χ1n) is 5.38. The Morgan fingerprint density at radius 3 is 2.47 bits per heavy atom. The van der Waals surface area contributed by atoms with Crippen LogP contribution >= 0.6 is 0 Å². The van der Waals surface area contributed by atoms with Crippen molar-refractivity contribution in [3.8, 4) is 0 Å². The molecule has 7 heteroatoms. The summed E-state index contributed by atoms with van der Waals surface area (Å²) in [7, 11) is 0. The first kappa shape index (κ1) is 13.3. The van der Waals surface area contributed by atoms with Crippen molar-refractivity contribution < 1.29 is 27.9 Å². The zero-order valence-electron chi connectivity index (χ0n) is 9.69. The molecule has 0 aliphatic carbocycles. The molecule has 0 spiro atoms. The number of amides is 2. The SMILES string of the molecule is O=C(CN1C(=O)COCC1=O)c1cc(F)ccc1F. The van der Waals surface area contributed by atoms with Crippen LogP contribution in [0.15, 0.2) is 18.2 Å². The summed E-state index contributed by atoms with van der Waals surface area (Å²) < 4.78 is 31.0. The molecule has 0 radical (unpaired) electrons. The molecule has 2 rings (SSSR count). The Morgan fingerprint density at radius 2 is 1.84 bits per heavy atom. The lowest BCUT2D eigenvalue weighted by Crippen LogP contribution is -2.48. The van der Waals surface area contributed by atoms with E-state index in [1.807, 2.05) is 0 Å². The maximum Gasteiger partial charge on any atom is 0.255 e. The minimum Gasteiger partial charge on any atom is -0.362 e. The molecule has 0 bridgehead atoms. The highest BCUT2D eigenvalue weighted by atomic mass is 19.1. The highest BCUT2D eigenvalue weighted by Crippen LogP contribution is 2.12. The fourth-order valence-corrected chi connectivity index (χ4v) is 1.64. The van der Waals surface area contributed by atoms with Crippen LogP contribution in [0.1, 0.15) is 10.4 Å². The lowest BCUT2D eigenvalue weighted by molar-refractivity contribution is -0.157. The summed E-state index contributed by atoms with van der Waals surface area (Å²) in [5.41, 5.74) is -0.493. The van der Waals surface area contributed by atoms with E-state index in [4.69, 9.17) is 0 Å². The average Bonchev–Trinajstić information content (AvgIpc) is 2.37. The van der Waals surface area contributed by atoms with Crippen molar-refractivity contribution in [2.75, 3.05) is 19.8 Å². The zero-order valence-corrected chi connectivity index (χ0v) is 9.69. The van der Waals surface area contributed by atoms with Gasteiger partial charge in [0.2, 0.25) is 0 Å². The Bertz CT molecular complexity index is 543. The van der Waals surface area contributed by atoms with Crippen LogP contribution in [0.2, 0.25) is 0 Å². The Hall–Kier alpha value is -2.15. The number of benzene rings is 1. The molecule has 1 aromatic carbocycles. The third kappa shape index (κ3) is 2.82. The quantitative estimate of drug-likeness (QED) is 0.593. The number of hydrogen-bond acceptors (Lipinski definition) is 4. The van der Waals surface area contributed by atoms with Crippen molar-refractivity contribution in [3.05, 3.63) is 35.4 Å². The van der Waals surface area contributed by atoms with Gasteiger partial charge in [0.05, 0.1) is 12.1 Å². The fourth-order valence-electron chi connectivity index (χ4n) is 1.64. The fraction of sp³-hybridized carbons (Fsp3) is 0.250. The van der Waals surface area contributed by atoms with E-state index in [1.165, 1.54) is 0 Å². The molecule has 1 heterocycles. The Kier molecular flexibility index (Phi) is 3.66. The van der Waals surface area contributed by atoms with Crippen molar-refractivity contribution in [1.82, 2.24) is 4.90 Å². The summed E-state index contributed by atoms with van der Waals surface area (Å²) >= 11 is 0. The minimum atomic E-state index is -0.903. The molecule has 0 unspecified atom stereocenters. The van der Waals surface area contributed by atoms with E-state index >= 15 is 0 Å². The second-order valence-corrected chi connectivity index (χ2v) is 3.91. The lowest BCUT2D eigenvalue weighted by Gasteiger charge is -2.24. The third-order valence-electron chi connectivity index (χ3n) is 2.58. The number of halogens is 2. The molecule has 1 aromatic rings. The number of hydrogen-bond donors (Lipinski definition) is 0. The summed E-state index contributed by atoms with van der Waals surface area (Å²) in [6, 6.07) is 2.41. The molecule has 1 aliphatic heterocycles. The number of carbonyl (C=O) groups is 3. The first-order valence-corrected chi connectivity index (χ1v) is 5.38. The van der Waals surface area contributed by atoms with Crippen molar-refractivity contribution in [3.63, 3.8) is 0 Å². The highest BCUT2D eigenvalue weighted by Gasteiger charge is 2.29. The van der Waals surface area contributed by atoms with E-state index in [0.717, 1.165) is 18.2 Å². The van der Waals surface area contributed by atoms with Crippen LogP contribution in [0.5, 0.6) is 0 Å².